The monoisotopic (exact) mass is 374 g/mol. The van der Waals surface area contributed by atoms with Crippen molar-refractivity contribution < 1.29 is 14.3 Å². The lowest BCUT2D eigenvalue weighted by Crippen LogP contribution is -2.21. The van der Waals surface area contributed by atoms with E-state index in [-0.39, 0.29) is 12.3 Å². The summed E-state index contributed by atoms with van der Waals surface area (Å²) in [6, 6.07) is 10.9. The van der Waals surface area contributed by atoms with Crippen LogP contribution in [0.4, 0.5) is 11.4 Å². The fourth-order valence-corrected chi connectivity index (χ4v) is 2.58. The number of carbonyl (C=O) groups excluding carboxylic acids is 2. The van der Waals surface area contributed by atoms with E-state index < -0.39 is 5.91 Å². The number of rotatable bonds is 6. The molecule has 0 unspecified atom stereocenters. The van der Waals surface area contributed by atoms with Gasteiger partial charge in [-0.3, -0.25) is 9.59 Å². The van der Waals surface area contributed by atoms with E-state index in [1.54, 1.807) is 12.1 Å². The molecule has 0 saturated carbocycles. The van der Waals surface area contributed by atoms with Crippen molar-refractivity contribution in [1.29, 1.82) is 0 Å². The lowest BCUT2D eigenvalue weighted by Gasteiger charge is -2.12. The van der Waals surface area contributed by atoms with Crippen LogP contribution in [0, 0.1) is 6.92 Å². The average molecular weight is 375 g/mol. The number of aryl methyl sites for hydroxylation is 1. The number of anilines is 2. The molecule has 2 rings (SSSR count). The van der Waals surface area contributed by atoms with Crippen molar-refractivity contribution in [1.82, 2.24) is 0 Å². The Morgan fingerprint density at radius 2 is 1.69 bits per heavy atom. The molecule has 2 aromatic rings. The number of hydrogen-bond acceptors (Lipinski definition) is 3. The van der Waals surface area contributed by atoms with Gasteiger partial charge in [0.2, 0.25) is 11.8 Å². The molecule has 0 atom stereocenters. The highest BCUT2D eigenvalue weighted by atomic mass is 35.5. The highest BCUT2D eigenvalue weighted by molar-refractivity contribution is 6.31. The minimum absolute atomic E-state index is 0.295. The third-order valence-corrected chi connectivity index (χ3v) is 4.34. The average Bonchev–Trinajstić information content (AvgIpc) is 2.58. The Labute approximate surface area is 158 Å². The second kappa shape index (κ2) is 8.72. The van der Waals surface area contributed by atoms with E-state index in [1.165, 1.54) is 12.7 Å². The van der Waals surface area contributed by atoms with E-state index in [1.807, 2.05) is 31.2 Å². The summed E-state index contributed by atoms with van der Waals surface area (Å²) < 4.78 is 5.21. The molecule has 138 valence electrons. The molecule has 0 aliphatic rings. The maximum absolute atomic E-state index is 12.2. The molecule has 0 spiro atoms. The van der Waals surface area contributed by atoms with Gasteiger partial charge in [0.05, 0.1) is 12.8 Å². The summed E-state index contributed by atoms with van der Waals surface area (Å²) in [5.74, 6) is 0.0488. The zero-order valence-corrected chi connectivity index (χ0v) is 16.1. The molecule has 2 amide bonds. The Morgan fingerprint density at radius 3 is 2.27 bits per heavy atom. The third kappa shape index (κ3) is 5.23. The summed E-state index contributed by atoms with van der Waals surface area (Å²) in [5, 5.41) is 5.95. The van der Waals surface area contributed by atoms with E-state index in [4.69, 9.17) is 16.3 Å². The molecule has 2 N–H and O–H groups in total. The standard InChI is InChI=1S/C20H23ClN2O3/c1-12(2)14-5-7-15(8-6-14)22-19(24)11-20(25)23-17-9-13(3)16(21)10-18(17)26-4/h5-10,12H,11H2,1-4H3,(H,22,24)(H,23,25). The van der Waals surface area contributed by atoms with E-state index in [0.717, 1.165) is 5.56 Å². The largest absolute Gasteiger partial charge is 0.495 e. The van der Waals surface area contributed by atoms with Crippen LogP contribution in [-0.4, -0.2) is 18.9 Å². The number of benzene rings is 2. The first-order chi connectivity index (χ1) is 12.3. The van der Waals surface area contributed by atoms with Crippen molar-refractivity contribution in [3.05, 3.63) is 52.5 Å². The molecule has 0 heterocycles. The molecule has 0 aliphatic heterocycles. The summed E-state index contributed by atoms with van der Waals surface area (Å²) in [6.45, 7) is 6.03. The van der Waals surface area contributed by atoms with Crippen LogP contribution in [0.5, 0.6) is 5.75 Å². The maximum Gasteiger partial charge on any atom is 0.233 e. The second-order valence-electron chi connectivity index (χ2n) is 6.35. The Bertz CT molecular complexity index is 801. The quantitative estimate of drug-likeness (QED) is 0.717. The van der Waals surface area contributed by atoms with Crippen molar-refractivity contribution in [3.63, 3.8) is 0 Å². The van der Waals surface area contributed by atoms with Crippen LogP contribution in [0.2, 0.25) is 5.02 Å². The molecule has 26 heavy (non-hydrogen) atoms. The zero-order valence-electron chi connectivity index (χ0n) is 15.4. The first-order valence-corrected chi connectivity index (χ1v) is 8.71. The van der Waals surface area contributed by atoms with Crippen LogP contribution in [0.3, 0.4) is 0 Å². The van der Waals surface area contributed by atoms with Crippen molar-refractivity contribution in [3.8, 4) is 5.75 Å². The number of nitrogens with one attached hydrogen (secondary N) is 2. The number of hydrogen-bond donors (Lipinski definition) is 2. The molecular formula is C20H23ClN2O3. The minimum atomic E-state index is -0.429. The summed E-state index contributed by atoms with van der Waals surface area (Å²) in [4.78, 5) is 24.2. The molecule has 0 aliphatic carbocycles. The number of carbonyl (C=O) groups is 2. The number of methoxy groups -OCH3 is 1. The maximum atomic E-state index is 12.2. The fraction of sp³-hybridized carbons (Fsp3) is 0.300. The SMILES string of the molecule is COc1cc(Cl)c(C)cc1NC(=O)CC(=O)Nc1ccc(C(C)C)cc1. The zero-order chi connectivity index (χ0) is 19.3. The number of ether oxygens (including phenoxy) is 1. The van der Waals surface area contributed by atoms with Crippen LogP contribution in [0.25, 0.3) is 0 Å². The van der Waals surface area contributed by atoms with E-state index >= 15 is 0 Å². The van der Waals surface area contributed by atoms with Crippen molar-refractivity contribution >= 4 is 34.8 Å². The van der Waals surface area contributed by atoms with Gasteiger partial charge in [-0.1, -0.05) is 37.6 Å². The summed E-state index contributed by atoms with van der Waals surface area (Å²) in [7, 11) is 1.49. The topological polar surface area (TPSA) is 67.4 Å². The smallest absolute Gasteiger partial charge is 0.233 e. The van der Waals surface area contributed by atoms with Crippen molar-refractivity contribution in [2.75, 3.05) is 17.7 Å². The van der Waals surface area contributed by atoms with E-state index in [0.29, 0.717) is 28.1 Å². The van der Waals surface area contributed by atoms with E-state index in [9.17, 15) is 9.59 Å². The highest BCUT2D eigenvalue weighted by Crippen LogP contribution is 2.31. The van der Waals surface area contributed by atoms with Crippen LogP contribution < -0.4 is 15.4 Å². The second-order valence-corrected chi connectivity index (χ2v) is 6.76. The molecule has 6 heteroatoms. The predicted molar refractivity (Wildman–Crippen MR) is 105 cm³/mol. The van der Waals surface area contributed by atoms with Crippen LogP contribution in [-0.2, 0) is 9.59 Å². The van der Waals surface area contributed by atoms with Crippen molar-refractivity contribution in [2.24, 2.45) is 0 Å². The van der Waals surface area contributed by atoms with Gasteiger partial charge >= 0.3 is 0 Å². The molecule has 0 bridgehead atoms. The summed E-state index contributed by atoms with van der Waals surface area (Å²) in [5.41, 5.74) is 3.13. The van der Waals surface area contributed by atoms with Gasteiger partial charge < -0.3 is 15.4 Å². The summed E-state index contributed by atoms with van der Waals surface area (Å²) in [6.07, 6.45) is -0.295. The van der Waals surface area contributed by atoms with Gasteiger partial charge in [0.1, 0.15) is 12.2 Å². The van der Waals surface area contributed by atoms with Crippen LogP contribution in [0.15, 0.2) is 36.4 Å². The minimum Gasteiger partial charge on any atom is -0.495 e. The molecule has 2 aromatic carbocycles. The molecular weight excluding hydrogens is 352 g/mol. The number of amides is 2. The Morgan fingerprint density at radius 1 is 1.08 bits per heavy atom. The molecule has 0 radical (unpaired) electrons. The first-order valence-electron chi connectivity index (χ1n) is 8.34. The molecule has 0 saturated heterocycles. The lowest BCUT2D eigenvalue weighted by atomic mass is 10.0. The normalized spacial score (nSPS) is 10.5. The summed E-state index contributed by atoms with van der Waals surface area (Å²) >= 11 is 6.05. The lowest BCUT2D eigenvalue weighted by molar-refractivity contribution is -0.123. The Kier molecular flexibility index (Phi) is 6.64. The molecule has 0 aromatic heterocycles. The van der Waals surface area contributed by atoms with Crippen LogP contribution >= 0.6 is 11.6 Å². The Hall–Kier alpha value is -2.53. The van der Waals surface area contributed by atoms with Gasteiger partial charge in [-0.25, -0.2) is 0 Å². The van der Waals surface area contributed by atoms with Crippen molar-refractivity contribution in [2.45, 2.75) is 33.1 Å². The fourth-order valence-electron chi connectivity index (χ4n) is 2.43. The molecule has 5 nitrogen and oxygen atoms in total. The van der Waals surface area contributed by atoms with Crippen LogP contribution in [0.1, 0.15) is 37.3 Å². The van der Waals surface area contributed by atoms with Gasteiger partial charge in [0, 0.05) is 16.8 Å². The predicted octanol–water partition coefficient (Wildman–Crippen LogP) is 4.75. The van der Waals surface area contributed by atoms with Gasteiger partial charge in [0.25, 0.3) is 0 Å². The number of halogens is 1. The van der Waals surface area contributed by atoms with Gasteiger partial charge in [0.15, 0.2) is 0 Å². The third-order valence-electron chi connectivity index (χ3n) is 3.94. The Balaban J connectivity index is 1.97. The van der Waals surface area contributed by atoms with Gasteiger partial charge in [-0.2, -0.15) is 0 Å². The van der Waals surface area contributed by atoms with E-state index in [2.05, 4.69) is 24.5 Å². The molecule has 0 fully saturated rings. The highest BCUT2D eigenvalue weighted by Gasteiger charge is 2.14. The van der Waals surface area contributed by atoms with Gasteiger partial charge in [-0.15, -0.1) is 0 Å². The van der Waals surface area contributed by atoms with Gasteiger partial charge in [-0.05, 0) is 42.2 Å². The first kappa shape index (κ1) is 19.8.